The average molecular weight is 331 g/mol. The molecular weight excluding hydrogens is 317 g/mol. The summed E-state index contributed by atoms with van der Waals surface area (Å²) in [5.41, 5.74) is 6.57. The molecular formula is C12H14INO2. The maximum Gasteiger partial charge on any atom is 0.137 e. The zero-order chi connectivity index (χ0) is 11.8. The Hall–Kier alpha value is -0.880. The Morgan fingerprint density at radius 2 is 2.06 bits per heavy atom. The summed E-state index contributed by atoms with van der Waals surface area (Å²) in [6.07, 6.45) is 3.25. The summed E-state index contributed by atoms with van der Waals surface area (Å²) in [5, 5.41) is 0. The van der Waals surface area contributed by atoms with Crippen LogP contribution in [0.15, 0.2) is 34.4 Å². The van der Waals surface area contributed by atoms with E-state index in [0.717, 1.165) is 17.6 Å². The summed E-state index contributed by atoms with van der Waals surface area (Å²) in [6, 6.07) is 7.19. The normalized spacial score (nSPS) is 12.6. The molecule has 3 nitrogen and oxygen atoms in total. The van der Waals surface area contributed by atoms with Crippen LogP contribution >= 0.6 is 22.6 Å². The second kappa shape index (κ2) is 7.40. The maximum absolute atomic E-state index is 10.4. The number of aldehydes is 1. The minimum Gasteiger partial charge on any atom is -0.490 e. The van der Waals surface area contributed by atoms with Gasteiger partial charge in [-0.25, -0.2) is 0 Å². The molecule has 0 saturated heterocycles. The molecule has 1 rings (SSSR count). The van der Waals surface area contributed by atoms with Crippen molar-refractivity contribution in [2.45, 2.75) is 12.5 Å². The van der Waals surface area contributed by atoms with Crippen LogP contribution in [0.4, 0.5) is 0 Å². The highest BCUT2D eigenvalue weighted by Gasteiger charge is 2.01. The zero-order valence-corrected chi connectivity index (χ0v) is 11.0. The topological polar surface area (TPSA) is 52.3 Å². The smallest absolute Gasteiger partial charge is 0.137 e. The van der Waals surface area contributed by atoms with Crippen LogP contribution in [0.5, 0.6) is 5.75 Å². The summed E-state index contributed by atoms with van der Waals surface area (Å²) in [7, 11) is 0. The van der Waals surface area contributed by atoms with Crippen LogP contribution < -0.4 is 10.5 Å². The van der Waals surface area contributed by atoms with Gasteiger partial charge in [-0.05, 0) is 34.3 Å². The van der Waals surface area contributed by atoms with Crippen molar-refractivity contribution in [1.29, 1.82) is 0 Å². The second-order valence-corrected chi connectivity index (χ2v) is 4.04. The van der Waals surface area contributed by atoms with Gasteiger partial charge in [0.1, 0.15) is 18.6 Å². The van der Waals surface area contributed by atoms with Crippen LogP contribution in [0.3, 0.4) is 0 Å². The molecule has 0 bridgehead atoms. The van der Waals surface area contributed by atoms with Crippen molar-refractivity contribution < 1.29 is 9.53 Å². The molecule has 0 spiro atoms. The first-order valence-electron chi connectivity index (χ1n) is 4.94. The van der Waals surface area contributed by atoms with Gasteiger partial charge in [0.25, 0.3) is 0 Å². The second-order valence-electron chi connectivity index (χ2n) is 3.32. The highest BCUT2D eigenvalue weighted by molar-refractivity contribution is 14.1. The molecule has 1 unspecified atom stereocenters. The Labute approximate surface area is 109 Å². The van der Waals surface area contributed by atoms with E-state index in [1.165, 1.54) is 0 Å². The largest absolute Gasteiger partial charge is 0.490 e. The van der Waals surface area contributed by atoms with E-state index in [-0.39, 0.29) is 0 Å². The highest BCUT2D eigenvalue weighted by atomic mass is 127. The van der Waals surface area contributed by atoms with E-state index >= 15 is 0 Å². The van der Waals surface area contributed by atoms with Crippen molar-refractivity contribution >= 4 is 28.9 Å². The first-order chi connectivity index (χ1) is 7.76. The van der Waals surface area contributed by atoms with Gasteiger partial charge in [0, 0.05) is 0 Å². The summed E-state index contributed by atoms with van der Waals surface area (Å²) in [5.74, 6) is 0.818. The fourth-order valence-electron chi connectivity index (χ4n) is 1.22. The number of nitrogens with two attached hydrogens (primary N) is 1. The van der Waals surface area contributed by atoms with E-state index in [0.29, 0.717) is 13.0 Å². The van der Waals surface area contributed by atoms with Gasteiger partial charge in [-0.3, -0.25) is 0 Å². The molecule has 1 aromatic rings. The lowest BCUT2D eigenvalue weighted by molar-refractivity contribution is -0.108. The van der Waals surface area contributed by atoms with E-state index in [4.69, 9.17) is 10.5 Å². The maximum atomic E-state index is 10.4. The van der Waals surface area contributed by atoms with Gasteiger partial charge in [-0.1, -0.05) is 34.7 Å². The monoisotopic (exact) mass is 331 g/mol. The van der Waals surface area contributed by atoms with Crippen LogP contribution in [0, 0.1) is 0 Å². The van der Waals surface area contributed by atoms with Crippen LogP contribution in [0.25, 0.3) is 0 Å². The third kappa shape index (κ3) is 4.76. The number of halogens is 1. The predicted octanol–water partition coefficient (Wildman–Crippen LogP) is 2.08. The van der Waals surface area contributed by atoms with Gasteiger partial charge in [0.15, 0.2) is 0 Å². The summed E-state index contributed by atoms with van der Waals surface area (Å²) in [6.45, 7) is 0.566. The number of carbonyl (C=O) groups is 1. The van der Waals surface area contributed by atoms with Crippen molar-refractivity contribution in [3.05, 3.63) is 40.0 Å². The Kier molecular flexibility index (Phi) is 6.10. The Balaban J connectivity index is 2.50. The van der Waals surface area contributed by atoms with Gasteiger partial charge in [-0.15, -0.1) is 0 Å². The molecule has 0 aromatic heterocycles. The lowest BCUT2D eigenvalue weighted by Crippen LogP contribution is -2.23. The summed E-state index contributed by atoms with van der Waals surface area (Å²) >= 11 is 2.15. The molecule has 1 atom stereocenters. The Morgan fingerprint density at radius 1 is 1.38 bits per heavy atom. The third-order valence-electron chi connectivity index (χ3n) is 2.00. The average Bonchev–Trinajstić information content (AvgIpc) is 2.31. The predicted molar refractivity (Wildman–Crippen MR) is 72.8 cm³/mol. The van der Waals surface area contributed by atoms with Crippen molar-refractivity contribution in [2.24, 2.45) is 5.73 Å². The molecule has 16 heavy (non-hydrogen) atoms. The molecule has 86 valence electrons. The molecule has 4 heteroatoms. The summed E-state index contributed by atoms with van der Waals surface area (Å²) in [4.78, 5) is 10.4. The molecule has 0 radical (unpaired) electrons. The van der Waals surface area contributed by atoms with Crippen molar-refractivity contribution in [3.8, 4) is 5.75 Å². The molecule has 0 aliphatic heterocycles. The minimum absolute atomic E-state index is 0.422. The molecule has 0 aliphatic rings. The van der Waals surface area contributed by atoms with E-state index in [1.807, 2.05) is 34.4 Å². The van der Waals surface area contributed by atoms with E-state index in [2.05, 4.69) is 22.6 Å². The lowest BCUT2D eigenvalue weighted by atomic mass is 10.1. The number of benzene rings is 1. The molecule has 0 aliphatic carbocycles. The summed E-state index contributed by atoms with van der Waals surface area (Å²) < 4.78 is 7.35. The fraction of sp³-hybridized carbons (Fsp3) is 0.250. The lowest BCUT2D eigenvalue weighted by Gasteiger charge is -2.06. The Morgan fingerprint density at radius 3 is 2.62 bits per heavy atom. The van der Waals surface area contributed by atoms with Crippen molar-refractivity contribution in [1.82, 2.24) is 0 Å². The number of hydrogen-bond donors (Lipinski definition) is 1. The highest BCUT2D eigenvalue weighted by Crippen LogP contribution is 2.13. The minimum atomic E-state index is -0.422. The number of ether oxygens (including phenoxy) is 1. The molecule has 0 amide bonds. The number of hydrogen-bond acceptors (Lipinski definition) is 3. The van der Waals surface area contributed by atoms with E-state index in [9.17, 15) is 4.79 Å². The molecule has 0 heterocycles. The van der Waals surface area contributed by atoms with Crippen LogP contribution in [0.2, 0.25) is 0 Å². The van der Waals surface area contributed by atoms with Gasteiger partial charge in [-0.2, -0.15) is 0 Å². The van der Waals surface area contributed by atoms with E-state index in [1.54, 1.807) is 0 Å². The van der Waals surface area contributed by atoms with Gasteiger partial charge >= 0.3 is 0 Å². The van der Waals surface area contributed by atoms with Gasteiger partial charge in [0.05, 0.1) is 6.04 Å². The first kappa shape index (κ1) is 13.2. The standard InChI is InChI=1S/C12H14INO2/c13-6-1-7-16-12-4-2-10(3-5-12)8-11(14)9-15/h1-6,9,11H,7-8,14H2/b6-1+. The zero-order valence-electron chi connectivity index (χ0n) is 8.80. The molecule has 2 N–H and O–H groups in total. The molecule has 0 saturated carbocycles. The van der Waals surface area contributed by atoms with Gasteiger partial charge in [0.2, 0.25) is 0 Å². The van der Waals surface area contributed by atoms with E-state index < -0.39 is 6.04 Å². The molecule has 0 fully saturated rings. The third-order valence-corrected chi connectivity index (χ3v) is 2.51. The van der Waals surface area contributed by atoms with Crippen LogP contribution in [-0.2, 0) is 11.2 Å². The fourth-order valence-corrected chi connectivity index (χ4v) is 1.43. The van der Waals surface area contributed by atoms with Crippen LogP contribution in [-0.4, -0.2) is 18.9 Å². The van der Waals surface area contributed by atoms with Crippen LogP contribution in [0.1, 0.15) is 5.56 Å². The number of carbonyl (C=O) groups excluding carboxylic acids is 1. The SMILES string of the molecule is NC(C=O)Cc1ccc(OC/C=C/I)cc1. The van der Waals surface area contributed by atoms with Crippen molar-refractivity contribution in [2.75, 3.05) is 6.61 Å². The van der Waals surface area contributed by atoms with Gasteiger partial charge < -0.3 is 15.3 Å². The molecule has 1 aromatic carbocycles. The first-order valence-corrected chi connectivity index (χ1v) is 6.18. The number of rotatable bonds is 6. The van der Waals surface area contributed by atoms with Crippen molar-refractivity contribution in [3.63, 3.8) is 0 Å². The Bertz CT molecular complexity index is 349. The quantitative estimate of drug-likeness (QED) is 0.641.